The molecule has 0 spiro atoms. The van der Waals surface area contributed by atoms with E-state index < -0.39 is 6.61 Å². The fourth-order valence-corrected chi connectivity index (χ4v) is 2.57. The van der Waals surface area contributed by atoms with E-state index >= 15 is 0 Å². The second-order valence-electron chi connectivity index (χ2n) is 4.66. The number of nitrogens with one attached hydrogen (secondary N) is 1. The third-order valence-corrected chi connectivity index (χ3v) is 3.44. The van der Waals surface area contributed by atoms with Gasteiger partial charge in [-0.25, -0.2) is 0 Å². The van der Waals surface area contributed by atoms with Gasteiger partial charge in [0.05, 0.1) is 11.0 Å². The fourth-order valence-electron chi connectivity index (χ4n) is 2.26. The van der Waals surface area contributed by atoms with Gasteiger partial charge in [-0.05, 0) is 61.1 Å². The zero-order chi connectivity index (χ0) is 15.0. The van der Waals surface area contributed by atoms with Crippen LogP contribution in [-0.4, -0.2) is 16.2 Å². The van der Waals surface area contributed by atoms with Gasteiger partial charge in [0.25, 0.3) is 0 Å². The smallest absolute Gasteiger partial charge is 0.387 e. The van der Waals surface area contributed by atoms with E-state index in [1.807, 2.05) is 29.7 Å². The minimum absolute atomic E-state index is 0.121. The number of hydrogen-bond acceptors (Lipinski definition) is 2. The van der Waals surface area contributed by atoms with Crippen molar-refractivity contribution in [2.75, 3.05) is 0 Å². The Morgan fingerprint density at radius 3 is 2.52 bits per heavy atom. The van der Waals surface area contributed by atoms with Crippen molar-refractivity contribution in [1.29, 1.82) is 0 Å². The summed E-state index contributed by atoms with van der Waals surface area (Å²) in [6, 6.07) is 12.4. The molecule has 3 nitrogen and oxygen atoms in total. The van der Waals surface area contributed by atoms with Crippen LogP contribution in [0.25, 0.3) is 16.7 Å². The van der Waals surface area contributed by atoms with Crippen LogP contribution in [0.2, 0.25) is 0 Å². The minimum Gasteiger partial charge on any atom is -0.435 e. The van der Waals surface area contributed by atoms with Gasteiger partial charge in [-0.15, -0.1) is 0 Å². The molecule has 0 aliphatic heterocycles. The summed E-state index contributed by atoms with van der Waals surface area (Å²) >= 11 is 5.34. The van der Waals surface area contributed by atoms with Crippen molar-refractivity contribution in [3.05, 3.63) is 52.8 Å². The second kappa shape index (κ2) is 5.29. The number of imidazole rings is 1. The Morgan fingerprint density at radius 2 is 1.86 bits per heavy atom. The average Bonchev–Trinajstić information content (AvgIpc) is 2.74. The fraction of sp³-hybridized carbons (Fsp3) is 0.133. The number of fused-ring (bicyclic) bond motifs is 1. The Kier molecular flexibility index (Phi) is 3.47. The van der Waals surface area contributed by atoms with Crippen LogP contribution < -0.4 is 4.74 Å². The molecule has 108 valence electrons. The first-order valence-corrected chi connectivity index (χ1v) is 6.72. The maximum atomic E-state index is 12.2. The van der Waals surface area contributed by atoms with E-state index in [2.05, 4.69) is 9.72 Å². The number of aryl methyl sites for hydroxylation is 1. The van der Waals surface area contributed by atoms with Gasteiger partial charge in [-0.1, -0.05) is 6.07 Å². The Morgan fingerprint density at radius 1 is 1.14 bits per heavy atom. The summed E-state index contributed by atoms with van der Waals surface area (Å²) in [5.74, 6) is 0.121. The van der Waals surface area contributed by atoms with E-state index in [4.69, 9.17) is 12.2 Å². The molecule has 0 saturated carbocycles. The van der Waals surface area contributed by atoms with Crippen LogP contribution in [0.15, 0.2) is 42.5 Å². The Bertz CT molecular complexity index is 837. The number of H-pyrrole nitrogens is 1. The van der Waals surface area contributed by atoms with E-state index in [0.29, 0.717) is 4.77 Å². The molecular weight excluding hydrogens is 294 g/mol. The molecule has 21 heavy (non-hydrogen) atoms. The number of aromatic nitrogens is 2. The summed E-state index contributed by atoms with van der Waals surface area (Å²) in [7, 11) is 0. The molecule has 0 atom stereocenters. The molecule has 1 aromatic heterocycles. The number of benzene rings is 2. The molecule has 0 saturated heterocycles. The summed E-state index contributed by atoms with van der Waals surface area (Å²) in [5, 5.41) is 0. The van der Waals surface area contributed by atoms with Crippen molar-refractivity contribution in [2.24, 2.45) is 0 Å². The van der Waals surface area contributed by atoms with Crippen LogP contribution >= 0.6 is 12.2 Å². The lowest BCUT2D eigenvalue weighted by molar-refractivity contribution is -0.0498. The van der Waals surface area contributed by atoms with E-state index in [0.717, 1.165) is 22.3 Å². The first kappa shape index (κ1) is 13.8. The lowest BCUT2D eigenvalue weighted by atomic mass is 10.2. The van der Waals surface area contributed by atoms with E-state index in [-0.39, 0.29) is 5.75 Å². The SMILES string of the molecule is Cc1ccc2c(c1)[nH]c(=S)n2-c1ccc(OC(F)F)cc1. The first-order chi connectivity index (χ1) is 10.0. The number of hydrogen-bond donors (Lipinski definition) is 1. The molecule has 6 heteroatoms. The average molecular weight is 306 g/mol. The molecule has 0 aliphatic rings. The maximum absolute atomic E-state index is 12.2. The molecule has 0 radical (unpaired) electrons. The van der Waals surface area contributed by atoms with Gasteiger partial charge in [0.2, 0.25) is 0 Å². The number of aromatic amines is 1. The normalized spacial score (nSPS) is 11.2. The van der Waals surface area contributed by atoms with Crippen LogP contribution in [0.1, 0.15) is 5.56 Å². The Hall–Kier alpha value is -2.21. The van der Waals surface area contributed by atoms with Gasteiger partial charge < -0.3 is 9.72 Å². The third kappa shape index (κ3) is 2.67. The lowest BCUT2D eigenvalue weighted by Gasteiger charge is -2.07. The van der Waals surface area contributed by atoms with Crippen molar-refractivity contribution in [3.63, 3.8) is 0 Å². The highest BCUT2D eigenvalue weighted by Gasteiger charge is 2.08. The maximum Gasteiger partial charge on any atom is 0.387 e. The predicted molar refractivity (Wildman–Crippen MR) is 79.8 cm³/mol. The van der Waals surface area contributed by atoms with Crippen LogP contribution in [0.3, 0.4) is 0 Å². The van der Waals surface area contributed by atoms with Gasteiger partial charge in [-0.2, -0.15) is 8.78 Å². The monoisotopic (exact) mass is 306 g/mol. The molecule has 0 fully saturated rings. The predicted octanol–water partition coefficient (Wildman–Crippen LogP) is 4.60. The Labute approximate surface area is 124 Å². The van der Waals surface area contributed by atoms with E-state index in [1.54, 1.807) is 12.1 Å². The summed E-state index contributed by atoms with van der Waals surface area (Å²) in [5.41, 5.74) is 3.80. The summed E-state index contributed by atoms with van der Waals surface area (Å²) in [6.07, 6.45) is 0. The molecule has 2 aromatic carbocycles. The minimum atomic E-state index is -2.82. The Balaban J connectivity index is 2.08. The van der Waals surface area contributed by atoms with Crippen molar-refractivity contribution < 1.29 is 13.5 Å². The zero-order valence-corrected chi connectivity index (χ0v) is 12.0. The number of ether oxygens (including phenoxy) is 1. The first-order valence-electron chi connectivity index (χ1n) is 6.31. The van der Waals surface area contributed by atoms with Crippen LogP contribution in [-0.2, 0) is 0 Å². The molecule has 0 aliphatic carbocycles. The van der Waals surface area contributed by atoms with E-state index in [1.165, 1.54) is 12.1 Å². The van der Waals surface area contributed by atoms with E-state index in [9.17, 15) is 8.78 Å². The second-order valence-corrected chi connectivity index (χ2v) is 5.05. The molecular formula is C15H12F2N2OS. The summed E-state index contributed by atoms with van der Waals surface area (Å²) in [6.45, 7) is -0.821. The third-order valence-electron chi connectivity index (χ3n) is 3.16. The molecule has 0 bridgehead atoms. The molecule has 1 N–H and O–H groups in total. The number of rotatable bonds is 3. The number of halogens is 2. The quantitative estimate of drug-likeness (QED) is 0.717. The molecule has 0 amide bonds. The van der Waals surface area contributed by atoms with Crippen molar-refractivity contribution in [2.45, 2.75) is 13.5 Å². The van der Waals surface area contributed by atoms with Gasteiger partial charge in [0, 0.05) is 5.69 Å². The summed E-state index contributed by atoms with van der Waals surface area (Å²) in [4.78, 5) is 3.14. The largest absolute Gasteiger partial charge is 0.435 e. The van der Waals surface area contributed by atoms with Gasteiger partial charge in [-0.3, -0.25) is 4.57 Å². The van der Waals surface area contributed by atoms with Crippen molar-refractivity contribution in [1.82, 2.24) is 9.55 Å². The number of nitrogens with zero attached hydrogens (tertiary/aromatic N) is 1. The molecule has 3 rings (SSSR count). The van der Waals surface area contributed by atoms with Gasteiger partial charge in [0.15, 0.2) is 4.77 Å². The van der Waals surface area contributed by atoms with Crippen LogP contribution in [0, 0.1) is 11.7 Å². The number of alkyl halides is 2. The van der Waals surface area contributed by atoms with Crippen molar-refractivity contribution >= 4 is 23.3 Å². The lowest BCUT2D eigenvalue weighted by Crippen LogP contribution is -2.02. The molecule has 3 aromatic rings. The topological polar surface area (TPSA) is 29.9 Å². The zero-order valence-electron chi connectivity index (χ0n) is 11.1. The van der Waals surface area contributed by atoms with Crippen LogP contribution in [0.5, 0.6) is 5.75 Å². The highest BCUT2D eigenvalue weighted by Crippen LogP contribution is 2.23. The molecule has 1 heterocycles. The molecule has 0 unspecified atom stereocenters. The highest BCUT2D eigenvalue weighted by molar-refractivity contribution is 7.71. The van der Waals surface area contributed by atoms with Gasteiger partial charge >= 0.3 is 6.61 Å². The van der Waals surface area contributed by atoms with Gasteiger partial charge in [0.1, 0.15) is 5.75 Å². The summed E-state index contributed by atoms with van der Waals surface area (Å²) < 4.78 is 31.1. The highest BCUT2D eigenvalue weighted by atomic mass is 32.1. The standard InChI is InChI=1S/C15H12F2N2OS/c1-9-2-7-13-12(8-9)18-15(21)19(13)10-3-5-11(6-4-10)20-14(16)17/h2-8,14H,1H3,(H,18,21). The van der Waals surface area contributed by atoms with Crippen molar-refractivity contribution in [3.8, 4) is 11.4 Å². The van der Waals surface area contributed by atoms with Crippen LogP contribution in [0.4, 0.5) is 8.78 Å².